The van der Waals surface area contributed by atoms with Crippen LogP contribution in [0.2, 0.25) is 10.0 Å². The normalized spacial score (nSPS) is 13.0. The molecule has 31 heavy (non-hydrogen) atoms. The number of carboxylic acids is 1. The Morgan fingerprint density at radius 3 is 2.58 bits per heavy atom. The van der Waals surface area contributed by atoms with E-state index >= 15 is 0 Å². The summed E-state index contributed by atoms with van der Waals surface area (Å²) in [7, 11) is 0. The third kappa shape index (κ3) is 4.42. The van der Waals surface area contributed by atoms with Crippen LogP contribution < -0.4 is 14.5 Å². The number of aliphatic carboxylic acids is 1. The van der Waals surface area contributed by atoms with Crippen molar-refractivity contribution < 1.29 is 19.4 Å². The maximum atomic E-state index is 13.5. The number of halogens is 2. The van der Waals surface area contributed by atoms with Gasteiger partial charge in [-0.25, -0.2) is 4.98 Å². The summed E-state index contributed by atoms with van der Waals surface area (Å²) in [4.78, 5) is 32.2. The van der Waals surface area contributed by atoms with Crippen molar-refractivity contribution in [2.24, 2.45) is 0 Å². The van der Waals surface area contributed by atoms with Crippen molar-refractivity contribution in [1.29, 1.82) is 0 Å². The van der Waals surface area contributed by atoms with E-state index in [4.69, 9.17) is 27.9 Å². The van der Waals surface area contributed by atoms with Gasteiger partial charge in [0.1, 0.15) is 17.9 Å². The maximum absolute atomic E-state index is 13.5. The van der Waals surface area contributed by atoms with Gasteiger partial charge >= 0.3 is 5.97 Å². The van der Waals surface area contributed by atoms with Crippen LogP contribution in [0.5, 0.6) is 11.6 Å². The van der Waals surface area contributed by atoms with Crippen LogP contribution in [-0.4, -0.2) is 41.6 Å². The van der Waals surface area contributed by atoms with E-state index in [9.17, 15) is 14.7 Å². The molecule has 0 aliphatic carbocycles. The molecule has 9 heteroatoms. The Kier molecular flexibility index (Phi) is 5.97. The molecular formula is C22H17Cl2N3O4. The predicted octanol–water partition coefficient (Wildman–Crippen LogP) is 4.73. The molecule has 3 aromatic rings. The van der Waals surface area contributed by atoms with Gasteiger partial charge in [-0.2, -0.15) is 0 Å². The van der Waals surface area contributed by atoms with Crippen molar-refractivity contribution in [3.63, 3.8) is 0 Å². The standard InChI is InChI=1S/C22H17Cl2N3O4/c23-14-7-8-16(24)19(12-14)31-21-15(4-3-9-25-21)22(30)27-11-10-26(13-20(28)29)17-5-1-2-6-18(17)27/h1-9,12H,10-11,13H2,(H,28,29). The SMILES string of the molecule is O=C(O)CN1CCN(C(=O)c2cccnc2Oc2cc(Cl)ccc2Cl)c2ccccc21. The number of hydrogen-bond acceptors (Lipinski definition) is 5. The van der Waals surface area contributed by atoms with Gasteiger partial charge in [-0.1, -0.05) is 35.3 Å². The second-order valence-corrected chi connectivity index (χ2v) is 7.64. The average molecular weight is 458 g/mol. The van der Waals surface area contributed by atoms with E-state index in [0.717, 1.165) is 0 Å². The Bertz CT molecular complexity index is 1160. The first kappa shape index (κ1) is 21.0. The molecule has 1 N–H and O–H groups in total. The van der Waals surface area contributed by atoms with E-state index in [2.05, 4.69) is 4.98 Å². The number of para-hydroxylation sites is 2. The quantitative estimate of drug-likeness (QED) is 0.595. The van der Waals surface area contributed by atoms with Crippen LogP contribution >= 0.6 is 23.2 Å². The highest BCUT2D eigenvalue weighted by Crippen LogP contribution is 2.36. The topological polar surface area (TPSA) is 83.0 Å². The number of benzene rings is 2. The second kappa shape index (κ2) is 8.83. The van der Waals surface area contributed by atoms with Gasteiger partial charge in [0.05, 0.1) is 16.4 Å². The lowest BCUT2D eigenvalue weighted by Crippen LogP contribution is -2.45. The molecule has 1 aliphatic rings. The van der Waals surface area contributed by atoms with Crippen molar-refractivity contribution in [3.8, 4) is 11.6 Å². The van der Waals surface area contributed by atoms with Crippen LogP contribution in [0.25, 0.3) is 0 Å². The van der Waals surface area contributed by atoms with Crippen molar-refractivity contribution in [2.45, 2.75) is 0 Å². The van der Waals surface area contributed by atoms with Crippen molar-refractivity contribution in [3.05, 3.63) is 76.4 Å². The Morgan fingerprint density at radius 2 is 1.81 bits per heavy atom. The maximum Gasteiger partial charge on any atom is 0.323 e. The fourth-order valence-electron chi connectivity index (χ4n) is 3.40. The highest BCUT2D eigenvalue weighted by Gasteiger charge is 2.30. The minimum absolute atomic E-state index is 0.0992. The number of carbonyl (C=O) groups is 2. The van der Waals surface area contributed by atoms with E-state index < -0.39 is 5.97 Å². The monoisotopic (exact) mass is 457 g/mol. The van der Waals surface area contributed by atoms with Crippen molar-refractivity contribution >= 4 is 46.5 Å². The molecular weight excluding hydrogens is 441 g/mol. The molecule has 1 aliphatic heterocycles. The van der Waals surface area contributed by atoms with Gasteiger partial charge in [0.15, 0.2) is 0 Å². The third-order valence-electron chi connectivity index (χ3n) is 4.78. The van der Waals surface area contributed by atoms with Crippen molar-refractivity contribution in [1.82, 2.24) is 4.98 Å². The number of rotatable bonds is 5. The van der Waals surface area contributed by atoms with Crippen LogP contribution in [0.3, 0.4) is 0 Å². The zero-order valence-electron chi connectivity index (χ0n) is 16.2. The fraction of sp³-hybridized carbons (Fsp3) is 0.136. The Morgan fingerprint density at radius 1 is 1.03 bits per heavy atom. The molecule has 1 amide bonds. The number of carbonyl (C=O) groups excluding carboxylic acids is 1. The van der Waals surface area contributed by atoms with Gasteiger partial charge in [-0.05, 0) is 36.4 Å². The zero-order chi connectivity index (χ0) is 22.0. The highest BCUT2D eigenvalue weighted by atomic mass is 35.5. The summed E-state index contributed by atoms with van der Waals surface area (Å²) in [6, 6.07) is 15.2. The van der Waals surface area contributed by atoms with E-state index in [1.165, 1.54) is 6.20 Å². The minimum atomic E-state index is -0.934. The number of carboxylic acid groups (broad SMARTS) is 1. The first-order chi connectivity index (χ1) is 14.9. The van der Waals surface area contributed by atoms with E-state index in [1.54, 1.807) is 64.4 Å². The van der Waals surface area contributed by atoms with Gasteiger partial charge in [0, 0.05) is 30.4 Å². The predicted molar refractivity (Wildman–Crippen MR) is 119 cm³/mol. The Hall–Kier alpha value is -3.29. The Balaban J connectivity index is 1.67. The van der Waals surface area contributed by atoms with Gasteiger partial charge < -0.3 is 19.6 Å². The first-order valence-corrected chi connectivity index (χ1v) is 10.1. The molecule has 0 atom stereocenters. The number of pyridine rings is 1. The average Bonchev–Trinajstić information content (AvgIpc) is 2.76. The van der Waals surface area contributed by atoms with Crippen LogP contribution in [0.1, 0.15) is 10.4 Å². The molecule has 7 nitrogen and oxygen atoms in total. The third-order valence-corrected chi connectivity index (χ3v) is 5.33. The number of nitrogens with zero attached hydrogens (tertiary/aromatic N) is 3. The molecule has 0 unspecified atom stereocenters. The lowest BCUT2D eigenvalue weighted by atomic mass is 10.1. The molecule has 0 saturated carbocycles. The van der Waals surface area contributed by atoms with Crippen LogP contribution in [0, 0.1) is 0 Å². The molecule has 1 aromatic heterocycles. The molecule has 0 fully saturated rings. The number of ether oxygens (including phenoxy) is 1. The molecule has 4 rings (SSSR count). The van der Waals surface area contributed by atoms with Gasteiger partial charge in [0.2, 0.25) is 5.88 Å². The Labute approximate surface area is 188 Å². The molecule has 2 aromatic carbocycles. The van der Waals surface area contributed by atoms with Crippen LogP contribution in [0.15, 0.2) is 60.8 Å². The number of anilines is 2. The number of fused-ring (bicyclic) bond motifs is 1. The lowest BCUT2D eigenvalue weighted by molar-refractivity contribution is -0.135. The highest BCUT2D eigenvalue weighted by molar-refractivity contribution is 6.34. The van der Waals surface area contributed by atoms with E-state index in [1.807, 2.05) is 0 Å². The summed E-state index contributed by atoms with van der Waals surface area (Å²) in [5, 5.41) is 9.97. The van der Waals surface area contributed by atoms with Gasteiger partial charge in [-0.3, -0.25) is 9.59 Å². The number of hydrogen-bond donors (Lipinski definition) is 1. The molecule has 0 radical (unpaired) electrons. The van der Waals surface area contributed by atoms with Crippen LogP contribution in [0.4, 0.5) is 11.4 Å². The van der Waals surface area contributed by atoms with Crippen LogP contribution in [-0.2, 0) is 4.79 Å². The molecule has 0 saturated heterocycles. The van der Waals surface area contributed by atoms with Gasteiger partial charge in [0.25, 0.3) is 5.91 Å². The molecule has 2 heterocycles. The van der Waals surface area contributed by atoms with Crippen molar-refractivity contribution in [2.75, 3.05) is 29.4 Å². The number of aromatic nitrogens is 1. The summed E-state index contributed by atoms with van der Waals surface area (Å²) in [6.45, 7) is 0.550. The summed E-state index contributed by atoms with van der Waals surface area (Å²) in [5.41, 5.74) is 1.55. The lowest BCUT2D eigenvalue weighted by Gasteiger charge is -2.37. The summed E-state index contributed by atoms with van der Waals surface area (Å²) in [6.07, 6.45) is 1.52. The smallest absolute Gasteiger partial charge is 0.323 e. The molecule has 158 valence electrons. The largest absolute Gasteiger partial charge is 0.480 e. The number of amides is 1. The fourth-order valence-corrected chi connectivity index (χ4v) is 3.72. The first-order valence-electron chi connectivity index (χ1n) is 9.39. The summed E-state index contributed by atoms with van der Waals surface area (Å²) >= 11 is 12.2. The minimum Gasteiger partial charge on any atom is -0.480 e. The molecule has 0 bridgehead atoms. The summed E-state index contributed by atoms with van der Waals surface area (Å²) < 4.78 is 5.83. The second-order valence-electron chi connectivity index (χ2n) is 6.79. The zero-order valence-corrected chi connectivity index (χ0v) is 17.7. The van der Waals surface area contributed by atoms with E-state index in [-0.39, 0.29) is 29.6 Å². The van der Waals surface area contributed by atoms with E-state index in [0.29, 0.717) is 34.5 Å². The summed E-state index contributed by atoms with van der Waals surface area (Å²) in [5.74, 6) is -0.865. The molecule has 0 spiro atoms. The van der Waals surface area contributed by atoms with Gasteiger partial charge in [-0.15, -0.1) is 0 Å².